The fourth-order valence-electron chi connectivity index (χ4n) is 3.49. The van der Waals surface area contributed by atoms with Crippen LogP contribution in [0.3, 0.4) is 0 Å². The van der Waals surface area contributed by atoms with Crippen molar-refractivity contribution >= 4 is 50.9 Å². The van der Waals surface area contributed by atoms with Crippen LogP contribution < -0.4 is 11.1 Å². The smallest absolute Gasteiger partial charge is 0.235 e. The zero-order valence-corrected chi connectivity index (χ0v) is 17.0. The number of hydrogen-bond donors (Lipinski definition) is 2. The molecule has 3 N–H and O–H groups in total. The van der Waals surface area contributed by atoms with Gasteiger partial charge in [-0.25, -0.2) is 14.6 Å². The van der Waals surface area contributed by atoms with Crippen molar-refractivity contribution in [2.24, 2.45) is 0 Å². The van der Waals surface area contributed by atoms with E-state index in [9.17, 15) is 4.79 Å². The molecule has 9 heteroatoms. The molecule has 1 fully saturated rings. The Morgan fingerprint density at radius 2 is 2.15 bits per heavy atom. The first-order valence-corrected chi connectivity index (χ1v) is 10.8. The Kier molecular flexibility index (Phi) is 5.05. The van der Waals surface area contributed by atoms with E-state index in [0.717, 1.165) is 34.4 Å². The number of nitrogens with two attached hydrogens (primary N) is 1. The fraction of sp³-hybridized carbons (Fsp3) is 0.444. The van der Waals surface area contributed by atoms with Crippen LogP contribution in [0, 0.1) is 13.8 Å². The van der Waals surface area contributed by atoms with Gasteiger partial charge in [-0.2, -0.15) is 5.10 Å². The number of aromatic nitrogens is 4. The molecule has 27 heavy (non-hydrogen) atoms. The summed E-state index contributed by atoms with van der Waals surface area (Å²) in [5.41, 5.74) is 7.23. The van der Waals surface area contributed by atoms with Crippen molar-refractivity contribution in [3.8, 4) is 0 Å². The topological polar surface area (TPSA) is 98.7 Å². The summed E-state index contributed by atoms with van der Waals surface area (Å²) in [4.78, 5) is 23.4. The maximum Gasteiger partial charge on any atom is 0.235 e. The SMILES string of the molecule is Cc1sc2nc(SCC(=O)Nc3ccnn3C3CCCC3)nc(N)c2c1C. The summed E-state index contributed by atoms with van der Waals surface area (Å²) < 4.78 is 1.94. The highest BCUT2D eigenvalue weighted by molar-refractivity contribution is 7.99. The van der Waals surface area contributed by atoms with Crippen LogP contribution in [-0.4, -0.2) is 31.4 Å². The zero-order chi connectivity index (χ0) is 19.0. The summed E-state index contributed by atoms with van der Waals surface area (Å²) in [6, 6.07) is 2.23. The molecule has 3 heterocycles. The predicted molar refractivity (Wildman–Crippen MR) is 110 cm³/mol. The Labute approximate surface area is 165 Å². The minimum atomic E-state index is -0.0967. The number of amides is 1. The molecule has 0 spiro atoms. The molecule has 0 atom stereocenters. The van der Waals surface area contributed by atoms with Gasteiger partial charge in [-0.05, 0) is 32.3 Å². The Morgan fingerprint density at radius 1 is 1.37 bits per heavy atom. The highest BCUT2D eigenvalue weighted by Crippen LogP contribution is 2.34. The molecule has 0 radical (unpaired) electrons. The Morgan fingerprint density at radius 3 is 2.93 bits per heavy atom. The van der Waals surface area contributed by atoms with E-state index in [1.807, 2.05) is 17.7 Å². The number of fused-ring (bicyclic) bond motifs is 1. The quantitative estimate of drug-likeness (QED) is 0.495. The molecule has 3 aromatic rings. The fourth-order valence-corrected chi connectivity index (χ4v) is 5.23. The van der Waals surface area contributed by atoms with Crippen molar-refractivity contribution < 1.29 is 4.79 Å². The lowest BCUT2D eigenvalue weighted by atomic mass is 10.2. The first kappa shape index (κ1) is 18.2. The number of nitrogen functional groups attached to an aromatic ring is 1. The lowest BCUT2D eigenvalue weighted by molar-refractivity contribution is -0.113. The molecule has 0 saturated heterocycles. The number of nitrogens with one attached hydrogen (secondary N) is 1. The van der Waals surface area contributed by atoms with Gasteiger partial charge in [0.05, 0.1) is 23.4 Å². The molecule has 1 amide bonds. The van der Waals surface area contributed by atoms with E-state index in [0.29, 0.717) is 17.0 Å². The van der Waals surface area contributed by atoms with Gasteiger partial charge < -0.3 is 11.1 Å². The first-order chi connectivity index (χ1) is 13.0. The van der Waals surface area contributed by atoms with E-state index in [1.54, 1.807) is 17.5 Å². The third-order valence-electron chi connectivity index (χ3n) is 4.98. The standard InChI is InChI=1S/C18H22N6OS2/c1-10-11(2)27-17-15(10)16(19)22-18(23-17)26-9-14(25)21-13-7-8-20-24(13)12-5-3-4-6-12/h7-8,12H,3-6,9H2,1-2H3,(H,21,25)(H2,19,22,23). The number of thiophene rings is 1. The highest BCUT2D eigenvalue weighted by Gasteiger charge is 2.21. The molecule has 0 bridgehead atoms. The molecule has 7 nitrogen and oxygen atoms in total. The van der Waals surface area contributed by atoms with E-state index < -0.39 is 0 Å². The van der Waals surface area contributed by atoms with Crippen LogP contribution in [-0.2, 0) is 4.79 Å². The van der Waals surface area contributed by atoms with Gasteiger partial charge in [-0.1, -0.05) is 24.6 Å². The minimum Gasteiger partial charge on any atom is -0.383 e. The minimum absolute atomic E-state index is 0.0967. The number of carbonyl (C=O) groups excluding carboxylic acids is 1. The van der Waals surface area contributed by atoms with Crippen LogP contribution in [0.4, 0.5) is 11.6 Å². The summed E-state index contributed by atoms with van der Waals surface area (Å²) in [7, 11) is 0. The van der Waals surface area contributed by atoms with Crippen LogP contribution in [0.1, 0.15) is 42.2 Å². The maximum absolute atomic E-state index is 12.4. The molecule has 0 aromatic carbocycles. The molecule has 4 rings (SSSR count). The van der Waals surface area contributed by atoms with Gasteiger partial charge in [0.15, 0.2) is 5.16 Å². The second-order valence-electron chi connectivity index (χ2n) is 6.79. The average Bonchev–Trinajstić information content (AvgIpc) is 3.35. The third-order valence-corrected chi connectivity index (χ3v) is 6.93. The summed E-state index contributed by atoms with van der Waals surface area (Å²) in [5, 5.41) is 8.79. The third kappa shape index (κ3) is 3.66. The van der Waals surface area contributed by atoms with Gasteiger partial charge >= 0.3 is 0 Å². The van der Waals surface area contributed by atoms with E-state index >= 15 is 0 Å². The molecular formula is C18H22N6OS2. The number of aryl methyl sites for hydroxylation is 2. The molecule has 1 saturated carbocycles. The Hall–Kier alpha value is -2.13. The van der Waals surface area contributed by atoms with Gasteiger partial charge in [-0.3, -0.25) is 4.79 Å². The van der Waals surface area contributed by atoms with Crippen LogP contribution in [0.2, 0.25) is 0 Å². The lowest BCUT2D eigenvalue weighted by Gasteiger charge is -2.14. The zero-order valence-electron chi connectivity index (χ0n) is 15.4. The van der Waals surface area contributed by atoms with E-state index in [-0.39, 0.29) is 11.7 Å². The van der Waals surface area contributed by atoms with E-state index in [4.69, 9.17) is 5.73 Å². The highest BCUT2D eigenvalue weighted by atomic mass is 32.2. The normalized spacial score (nSPS) is 14.9. The van der Waals surface area contributed by atoms with Crippen LogP contribution in [0.15, 0.2) is 17.4 Å². The van der Waals surface area contributed by atoms with Crippen LogP contribution in [0.5, 0.6) is 0 Å². The van der Waals surface area contributed by atoms with Crippen molar-refractivity contribution in [3.05, 3.63) is 22.7 Å². The molecule has 1 aliphatic rings. The second-order valence-corrected chi connectivity index (χ2v) is 8.94. The van der Waals surface area contributed by atoms with Gasteiger partial charge in [-0.15, -0.1) is 11.3 Å². The van der Waals surface area contributed by atoms with Crippen LogP contribution >= 0.6 is 23.1 Å². The number of anilines is 2. The number of thioether (sulfide) groups is 1. The van der Waals surface area contributed by atoms with Crippen molar-refractivity contribution in [2.75, 3.05) is 16.8 Å². The average molecular weight is 403 g/mol. The molecule has 1 aliphatic carbocycles. The van der Waals surface area contributed by atoms with Gasteiger partial charge in [0.2, 0.25) is 5.91 Å². The summed E-state index contributed by atoms with van der Waals surface area (Å²) in [6.45, 7) is 4.08. The summed E-state index contributed by atoms with van der Waals surface area (Å²) >= 11 is 2.90. The number of carbonyl (C=O) groups is 1. The number of rotatable bonds is 5. The van der Waals surface area contributed by atoms with Crippen molar-refractivity contribution in [1.82, 2.24) is 19.7 Å². The van der Waals surface area contributed by atoms with Crippen molar-refractivity contribution in [1.29, 1.82) is 0 Å². The largest absolute Gasteiger partial charge is 0.383 e. The molecule has 0 unspecified atom stereocenters. The van der Waals surface area contributed by atoms with E-state index in [1.165, 1.54) is 29.5 Å². The predicted octanol–water partition coefficient (Wildman–Crippen LogP) is 3.93. The summed E-state index contributed by atoms with van der Waals surface area (Å²) in [6.07, 6.45) is 6.41. The molecule has 3 aromatic heterocycles. The van der Waals surface area contributed by atoms with Gasteiger partial charge in [0.1, 0.15) is 16.5 Å². The maximum atomic E-state index is 12.4. The number of nitrogens with zero attached hydrogens (tertiary/aromatic N) is 4. The summed E-state index contributed by atoms with van der Waals surface area (Å²) in [5.74, 6) is 1.36. The molecule has 142 valence electrons. The Bertz CT molecular complexity index is 989. The van der Waals surface area contributed by atoms with Gasteiger partial charge in [0, 0.05) is 10.9 Å². The van der Waals surface area contributed by atoms with E-state index in [2.05, 4.69) is 27.3 Å². The van der Waals surface area contributed by atoms with Crippen molar-refractivity contribution in [3.63, 3.8) is 0 Å². The van der Waals surface area contributed by atoms with Crippen LogP contribution in [0.25, 0.3) is 10.2 Å². The number of hydrogen-bond acceptors (Lipinski definition) is 7. The monoisotopic (exact) mass is 402 g/mol. The molecular weight excluding hydrogens is 380 g/mol. The van der Waals surface area contributed by atoms with Crippen molar-refractivity contribution in [2.45, 2.75) is 50.7 Å². The molecule has 0 aliphatic heterocycles. The second kappa shape index (κ2) is 7.47. The van der Waals surface area contributed by atoms with Gasteiger partial charge in [0.25, 0.3) is 0 Å². The Balaban J connectivity index is 1.43. The first-order valence-electron chi connectivity index (χ1n) is 9.02. The lowest BCUT2D eigenvalue weighted by Crippen LogP contribution is -2.19.